The van der Waals surface area contributed by atoms with Crippen molar-refractivity contribution in [1.29, 1.82) is 0 Å². The Labute approximate surface area is 164 Å². The summed E-state index contributed by atoms with van der Waals surface area (Å²) in [4.78, 5) is 27.1. The molecular formula is C18H20BrFN2O3S. The van der Waals surface area contributed by atoms with Gasteiger partial charge in [0.2, 0.25) is 5.91 Å². The minimum absolute atomic E-state index is 0.0427. The third-order valence-electron chi connectivity index (χ3n) is 3.61. The highest BCUT2D eigenvalue weighted by Crippen LogP contribution is 2.26. The van der Waals surface area contributed by atoms with Crippen molar-refractivity contribution in [3.8, 4) is 5.75 Å². The second-order valence-electron chi connectivity index (χ2n) is 5.54. The number of nitrogens with zero attached hydrogens (tertiary/aromatic N) is 1. The summed E-state index contributed by atoms with van der Waals surface area (Å²) in [5.41, 5.74) is 0. The molecule has 0 saturated carbocycles. The van der Waals surface area contributed by atoms with E-state index < -0.39 is 11.9 Å². The molecule has 0 aliphatic carbocycles. The molecule has 1 atom stereocenters. The zero-order valence-electron chi connectivity index (χ0n) is 14.5. The molecule has 8 heteroatoms. The number of amides is 2. The van der Waals surface area contributed by atoms with Crippen molar-refractivity contribution in [1.82, 2.24) is 10.2 Å². The van der Waals surface area contributed by atoms with Gasteiger partial charge >= 0.3 is 0 Å². The maximum atomic E-state index is 13.1. The molecule has 1 unspecified atom stereocenters. The first kappa shape index (κ1) is 20.4. The van der Waals surface area contributed by atoms with Crippen LogP contribution in [0.5, 0.6) is 5.75 Å². The number of carbonyl (C=O) groups excluding carboxylic acids is 2. The minimum atomic E-state index is -0.804. The van der Waals surface area contributed by atoms with E-state index in [2.05, 4.69) is 21.2 Å². The Kier molecular flexibility index (Phi) is 7.59. The highest BCUT2D eigenvalue weighted by atomic mass is 79.9. The summed E-state index contributed by atoms with van der Waals surface area (Å²) in [5, 5.41) is 4.74. The maximum Gasteiger partial charge on any atom is 0.263 e. The quantitative estimate of drug-likeness (QED) is 0.679. The Morgan fingerprint density at radius 2 is 2.15 bits per heavy atom. The van der Waals surface area contributed by atoms with Crippen LogP contribution < -0.4 is 10.1 Å². The first-order valence-corrected chi connectivity index (χ1v) is 9.77. The van der Waals surface area contributed by atoms with Crippen LogP contribution in [0.1, 0.15) is 18.7 Å². The lowest BCUT2D eigenvalue weighted by Crippen LogP contribution is -2.45. The van der Waals surface area contributed by atoms with Gasteiger partial charge in [-0.05, 0) is 59.4 Å². The van der Waals surface area contributed by atoms with Gasteiger partial charge in [-0.2, -0.15) is 0 Å². The maximum absolute atomic E-state index is 13.1. The molecule has 5 nitrogen and oxygen atoms in total. The Bertz CT molecular complexity index is 755. The summed E-state index contributed by atoms with van der Waals surface area (Å²) in [6.07, 6.45) is -0.804. The van der Waals surface area contributed by atoms with Crippen LogP contribution in [0.3, 0.4) is 0 Å². The summed E-state index contributed by atoms with van der Waals surface area (Å²) in [6.45, 7) is 4.18. The summed E-state index contributed by atoms with van der Waals surface area (Å²) < 4.78 is 19.2. The molecule has 0 spiro atoms. The van der Waals surface area contributed by atoms with Crippen LogP contribution in [-0.4, -0.2) is 35.9 Å². The highest BCUT2D eigenvalue weighted by Gasteiger charge is 2.23. The molecule has 0 aliphatic heterocycles. The number of rotatable bonds is 8. The minimum Gasteiger partial charge on any atom is -0.480 e. The van der Waals surface area contributed by atoms with Gasteiger partial charge in [0, 0.05) is 11.4 Å². The van der Waals surface area contributed by atoms with Crippen molar-refractivity contribution in [2.75, 3.05) is 13.1 Å². The summed E-state index contributed by atoms with van der Waals surface area (Å²) >= 11 is 4.76. The molecule has 0 aliphatic rings. The Balaban J connectivity index is 1.90. The van der Waals surface area contributed by atoms with E-state index in [9.17, 15) is 14.0 Å². The molecule has 0 bridgehead atoms. The van der Waals surface area contributed by atoms with Crippen molar-refractivity contribution in [3.63, 3.8) is 0 Å². The molecule has 0 radical (unpaired) electrons. The molecule has 2 aromatic rings. The van der Waals surface area contributed by atoms with Crippen LogP contribution in [0, 0.1) is 5.82 Å². The summed E-state index contributed by atoms with van der Waals surface area (Å²) in [5.74, 6) is -0.579. The van der Waals surface area contributed by atoms with Gasteiger partial charge in [-0.3, -0.25) is 9.59 Å². The molecule has 1 heterocycles. The Morgan fingerprint density at radius 1 is 1.38 bits per heavy atom. The predicted molar refractivity (Wildman–Crippen MR) is 103 cm³/mol. The summed E-state index contributed by atoms with van der Waals surface area (Å²) in [7, 11) is 0. The van der Waals surface area contributed by atoms with E-state index in [0.29, 0.717) is 23.3 Å². The number of hydrogen-bond donors (Lipinski definition) is 1. The monoisotopic (exact) mass is 442 g/mol. The second kappa shape index (κ2) is 9.68. The molecule has 26 heavy (non-hydrogen) atoms. The number of hydrogen-bond acceptors (Lipinski definition) is 4. The standard InChI is InChI=1S/C18H20BrFN2O3S/c1-3-22(11-17(23)21-10-14-5-4-8-26-14)18(24)12(2)25-16-7-6-13(20)9-15(16)19/h4-9,12H,3,10-11H2,1-2H3,(H,21,23). The molecule has 1 N–H and O–H groups in total. The molecule has 1 aromatic carbocycles. The van der Waals surface area contributed by atoms with Crippen molar-refractivity contribution in [3.05, 3.63) is 50.9 Å². The molecule has 1 aromatic heterocycles. The molecule has 2 amide bonds. The van der Waals surface area contributed by atoms with Gasteiger partial charge in [-0.25, -0.2) is 4.39 Å². The molecule has 0 fully saturated rings. The van der Waals surface area contributed by atoms with E-state index in [4.69, 9.17) is 4.74 Å². The fraction of sp³-hybridized carbons (Fsp3) is 0.333. The van der Waals surface area contributed by atoms with E-state index in [1.165, 1.54) is 23.1 Å². The molecule has 2 rings (SSSR count). The Hall–Kier alpha value is -1.93. The van der Waals surface area contributed by atoms with Crippen molar-refractivity contribution < 1.29 is 18.7 Å². The molecular weight excluding hydrogens is 423 g/mol. The summed E-state index contributed by atoms with van der Waals surface area (Å²) in [6, 6.07) is 7.83. The van der Waals surface area contributed by atoms with Crippen LogP contribution in [0.25, 0.3) is 0 Å². The largest absolute Gasteiger partial charge is 0.480 e. The van der Waals surface area contributed by atoms with E-state index in [-0.39, 0.29) is 18.4 Å². The molecule has 0 saturated heterocycles. The smallest absolute Gasteiger partial charge is 0.263 e. The third kappa shape index (κ3) is 5.81. The van der Waals surface area contributed by atoms with Crippen LogP contribution in [0.2, 0.25) is 0 Å². The number of benzene rings is 1. The lowest BCUT2D eigenvalue weighted by Gasteiger charge is -2.24. The van der Waals surface area contributed by atoms with E-state index >= 15 is 0 Å². The van der Waals surface area contributed by atoms with Crippen LogP contribution in [0.15, 0.2) is 40.2 Å². The van der Waals surface area contributed by atoms with Crippen molar-refractivity contribution in [2.24, 2.45) is 0 Å². The highest BCUT2D eigenvalue weighted by molar-refractivity contribution is 9.10. The lowest BCUT2D eigenvalue weighted by molar-refractivity contribution is -0.141. The number of carbonyl (C=O) groups is 2. The zero-order chi connectivity index (χ0) is 19.1. The van der Waals surface area contributed by atoms with Gasteiger partial charge in [-0.15, -0.1) is 11.3 Å². The first-order valence-electron chi connectivity index (χ1n) is 8.10. The van der Waals surface area contributed by atoms with Gasteiger partial charge in [-0.1, -0.05) is 6.07 Å². The third-order valence-corrected chi connectivity index (χ3v) is 5.11. The van der Waals surface area contributed by atoms with E-state index in [0.717, 1.165) is 4.88 Å². The van der Waals surface area contributed by atoms with Gasteiger partial charge in [0.1, 0.15) is 11.6 Å². The SMILES string of the molecule is CCN(CC(=O)NCc1cccs1)C(=O)C(C)Oc1ccc(F)cc1Br. The fourth-order valence-corrected chi connectivity index (χ4v) is 3.33. The average molecular weight is 443 g/mol. The lowest BCUT2D eigenvalue weighted by atomic mass is 10.3. The predicted octanol–water partition coefficient (Wildman–Crippen LogP) is 3.58. The normalized spacial score (nSPS) is 11.7. The van der Waals surface area contributed by atoms with Gasteiger partial charge in [0.15, 0.2) is 6.10 Å². The number of halogens is 2. The number of nitrogens with one attached hydrogen (secondary N) is 1. The Morgan fingerprint density at radius 3 is 2.77 bits per heavy atom. The van der Waals surface area contributed by atoms with Crippen LogP contribution in [0.4, 0.5) is 4.39 Å². The fourth-order valence-electron chi connectivity index (χ4n) is 2.24. The van der Waals surface area contributed by atoms with E-state index in [1.807, 2.05) is 17.5 Å². The van der Waals surface area contributed by atoms with Crippen molar-refractivity contribution in [2.45, 2.75) is 26.5 Å². The molecule has 140 valence electrons. The zero-order valence-corrected chi connectivity index (χ0v) is 16.9. The van der Waals surface area contributed by atoms with Crippen LogP contribution in [-0.2, 0) is 16.1 Å². The second-order valence-corrected chi connectivity index (χ2v) is 7.43. The van der Waals surface area contributed by atoms with Gasteiger partial charge < -0.3 is 15.0 Å². The van der Waals surface area contributed by atoms with Gasteiger partial charge in [0.25, 0.3) is 5.91 Å². The van der Waals surface area contributed by atoms with E-state index in [1.54, 1.807) is 25.2 Å². The number of likely N-dealkylation sites (N-methyl/N-ethyl adjacent to an activating group) is 1. The average Bonchev–Trinajstić information content (AvgIpc) is 3.13. The first-order chi connectivity index (χ1) is 12.4. The number of ether oxygens (including phenoxy) is 1. The van der Waals surface area contributed by atoms with Crippen LogP contribution >= 0.6 is 27.3 Å². The number of thiophene rings is 1. The van der Waals surface area contributed by atoms with Gasteiger partial charge in [0.05, 0.1) is 17.6 Å². The topological polar surface area (TPSA) is 58.6 Å². The van der Waals surface area contributed by atoms with Crippen molar-refractivity contribution >= 4 is 39.1 Å².